The van der Waals surface area contributed by atoms with Gasteiger partial charge in [-0.2, -0.15) is 0 Å². The molecule has 0 spiro atoms. The summed E-state index contributed by atoms with van der Waals surface area (Å²) in [4.78, 5) is 19.8. The lowest BCUT2D eigenvalue weighted by Crippen LogP contribution is -2.58. The van der Waals surface area contributed by atoms with Gasteiger partial charge in [0.05, 0.1) is 0 Å². The van der Waals surface area contributed by atoms with Crippen molar-refractivity contribution in [3.8, 4) is 0 Å². The zero-order valence-corrected chi connectivity index (χ0v) is 16.3. The molecule has 1 saturated heterocycles. The number of hydrogen-bond donors (Lipinski definition) is 1. The van der Waals surface area contributed by atoms with Gasteiger partial charge in [0.15, 0.2) is 0 Å². The average Bonchev–Trinajstić information content (AvgIpc) is 3.14. The molecule has 25 heavy (non-hydrogen) atoms. The van der Waals surface area contributed by atoms with Gasteiger partial charge in [-0.25, -0.2) is 4.79 Å². The molecule has 1 aliphatic heterocycles. The number of piperidine rings is 1. The lowest BCUT2D eigenvalue weighted by Gasteiger charge is -2.46. The summed E-state index contributed by atoms with van der Waals surface area (Å²) in [5.74, 6) is 0. The largest absolute Gasteiger partial charge is 0.335 e. The van der Waals surface area contributed by atoms with Gasteiger partial charge in [0, 0.05) is 31.2 Å². The lowest BCUT2D eigenvalue weighted by molar-refractivity contribution is 0.0420. The minimum Gasteiger partial charge on any atom is -0.335 e. The van der Waals surface area contributed by atoms with Crippen molar-refractivity contribution in [2.24, 2.45) is 0 Å². The fourth-order valence-electron chi connectivity index (χ4n) is 4.85. The number of carbonyl (C=O) groups excluding carboxylic acids is 1. The van der Waals surface area contributed by atoms with Gasteiger partial charge in [-0.1, -0.05) is 25.0 Å². The Labute approximate surface area is 153 Å². The molecule has 0 aromatic carbocycles. The SMILES string of the molecule is CN1CCC(N(C)[C@H]2CCCC[C@H]2N(C)C(=O)NC2CC=CC2)CC1. The van der Waals surface area contributed by atoms with Crippen LogP contribution >= 0.6 is 0 Å². The summed E-state index contributed by atoms with van der Waals surface area (Å²) in [5.41, 5.74) is 0. The summed E-state index contributed by atoms with van der Waals surface area (Å²) in [6.07, 6.45) is 13.7. The molecular weight excluding hydrogens is 312 g/mol. The van der Waals surface area contributed by atoms with E-state index in [0.717, 1.165) is 19.3 Å². The molecule has 0 radical (unpaired) electrons. The number of nitrogens with one attached hydrogen (secondary N) is 1. The van der Waals surface area contributed by atoms with Gasteiger partial charge in [0.2, 0.25) is 0 Å². The number of nitrogens with zero attached hydrogens (tertiary/aromatic N) is 3. The van der Waals surface area contributed by atoms with Gasteiger partial charge in [-0.05, 0) is 65.7 Å². The monoisotopic (exact) mass is 348 g/mol. The molecule has 1 saturated carbocycles. The van der Waals surface area contributed by atoms with Gasteiger partial charge in [-0.15, -0.1) is 0 Å². The van der Waals surface area contributed by atoms with Gasteiger partial charge in [-0.3, -0.25) is 4.90 Å². The summed E-state index contributed by atoms with van der Waals surface area (Å²) in [7, 11) is 6.52. The Morgan fingerprint density at radius 1 is 1.00 bits per heavy atom. The van der Waals surface area contributed by atoms with Gasteiger partial charge >= 0.3 is 6.03 Å². The molecule has 2 aliphatic carbocycles. The van der Waals surface area contributed by atoms with Gasteiger partial charge in [0.1, 0.15) is 0 Å². The molecule has 5 heteroatoms. The fraction of sp³-hybridized carbons (Fsp3) is 0.850. The van der Waals surface area contributed by atoms with Crippen LogP contribution in [-0.4, -0.2) is 79.1 Å². The van der Waals surface area contributed by atoms with Crippen molar-refractivity contribution in [2.75, 3.05) is 34.2 Å². The van der Waals surface area contributed by atoms with Gasteiger partial charge < -0.3 is 15.1 Å². The summed E-state index contributed by atoms with van der Waals surface area (Å²) in [6, 6.07) is 1.91. The molecular formula is C20H36N4O. The minimum atomic E-state index is 0.113. The zero-order chi connectivity index (χ0) is 17.8. The predicted molar refractivity (Wildman–Crippen MR) is 103 cm³/mol. The van der Waals surface area contributed by atoms with Crippen LogP contribution in [-0.2, 0) is 0 Å². The van der Waals surface area contributed by atoms with Crippen molar-refractivity contribution in [3.05, 3.63) is 12.2 Å². The molecule has 0 aromatic heterocycles. The molecule has 0 unspecified atom stereocenters. The van der Waals surface area contributed by atoms with E-state index in [4.69, 9.17) is 0 Å². The standard InChI is InChI=1S/C20H36N4O/c1-22-14-12-17(13-15-22)23(2)18-10-6-7-11-19(18)24(3)20(25)21-16-8-4-5-9-16/h4-5,16-19H,6-15H2,1-3H3,(H,21,25)/t18-,19+/m0/s1. The number of carbonyl (C=O) groups is 1. The fourth-order valence-corrected chi connectivity index (χ4v) is 4.85. The predicted octanol–water partition coefficient (Wildman–Crippen LogP) is 2.68. The number of hydrogen-bond acceptors (Lipinski definition) is 3. The zero-order valence-electron chi connectivity index (χ0n) is 16.3. The van der Waals surface area contributed by atoms with E-state index < -0.39 is 0 Å². The Hall–Kier alpha value is -1.07. The summed E-state index contributed by atoms with van der Waals surface area (Å²) < 4.78 is 0. The van der Waals surface area contributed by atoms with Crippen LogP contribution < -0.4 is 5.32 Å². The summed E-state index contributed by atoms with van der Waals surface area (Å²) in [5, 5.41) is 3.22. The van der Waals surface area contributed by atoms with Crippen LogP contribution in [0, 0.1) is 0 Å². The number of likely N-dealkylation sites (N-methyl/N-ethyl adjacent to an activating group) is 2. The maximum Gasteiger partial charge on any atom is 0.317 e. The molecule has 3 rings (SSSR count). The highest BCUT2D eigenvalue weighted by Gasteiger charge is 2.36. The Morgan fingerprint density at radius 2 is 1.60 bits per heavy atom. The normalized spacial score (nSPS) is 29.3. The quantitative estimate of drug-likeness (QED) is 0.794. The topological polar surface area (TPSA) is 38.8 Å². The van der Waals surface area contributed by atoms with Crippen LogP contribution in [0.2, 0.25) is 0 Å². The molecule has 142 valence electrons. The molecule has 1 N–H and O–H groups in total. The van der Waals surface area contributed by atoms with Crippen molar-refractivity contribution in [1.29, 1.82) is 0 Å². The second kappa shape index (κ2) is 8.54. The van der Waals surface area contributed by atoms with Crippen molar-refractivity contribution in [2.45, 2.75) is 75.5 Å². The smallest absolute Gasteiger partial charge is 0.317 e. The molecule has 2 fully saturated rings. The first-order valence-corrected chi connectivity index (χ1v) is 10.1. The summed E-state index contributed by atoms with van der Waals surface area (Å²) >= 11 is 0. The Balaban J connectivity index is 1.60. The minimum absolute atomic E-state index is 0.113. The number of urea groups is 1. The van der Waals surface area contributed by atoms with Crippen molar-refractivity contribution in [3.63, 3.8) is 0 Å². The van der Waals surface area contributed by atoms with Crippen LogP contribution in [0.3, 0.4) is 0 Å². The first-order chi connectivity index (χ1) is 12.1. The highest BCUT2D eigenvalue weighted by molar-refractivity contribution is 5.74. The van der Waals surface area contributed by atoms with E-state index in [9.17, 15) is 4.79 Å². The van der Waals surface area contributed by atoms with Crippen LogP contribution in [0.4, 0.5) is 4.79 Å². The molecule has 2 amide bonds. The summed E-state index contributed by atoms with van der Waals surface area (Å²) in [6.45, 7) is 2.38. The van der Waals surface area contributed by atoms with Crippen LogP contribution in [0.5, 0.6) is 0 Å². The van der Waals surface area contributed by atoms with E-state index in [0.29, 0.717) is 24.2 Å². The molecule has 3 aliphatic rings. The van der Waals surface area contributed by atoms with Gasteiger partial charge in [0.25, 0.3) is 0 Å². The third-order valence-electron chi connectivity index (χ3n) is 6.63. The number of amides is 2. The maximum atomic E-state index is 12.7. The molecule has 1 heterocycles. The Morgan fingerprint density at radius 3 is 2.24 bits per heavy atom. The molecule has 0 bridgehead atoms. The number of likely N-dealkylation sites (tertiary alicyclic amines) is 1. The highest BCUT2D eigenvalue weighted by atomic mass is 16.2. The van der Waals surface area contributed by atoms with E-state index in [1.54, 1.807) is 0 Å². The number of rotatable bonds is 4. The molecule has 5 nitrogen and oxygen atoms in total. The van der Waals surface area contributed by atoms with Crippen molar-refractivity contribution < 1.29 is 4.79 Å². The maximum absolute atomic E-state index is 12.7. The second-order valence-corrected chi connectivity index (χ2v) is 8.32. The Kier molecular flexibility index (Phi) is 6.39. The molecule has 0 aromatic rings. The average molecular weight is 349 g/mol. The lowest BCUT2D eigenvalue weighted by atomic mass is 9.86. The van der Waals surface area contributed by atoms with Crippen molar-refractivity contribution in [1.82, 2.24) is 20.0 Å². The van der Waals surface area contributed by atoms with E-state index in [1.165, 1.54) is 45.2 Å². The van der Waals surface area contributed by atoms with E-state index in [1.807, 2.05) is 11.9 Å². The van der Waals surface area contributed by atoms with E-state index in [-0.39, 0.29) is 6.03 Å². The highest BCUT2D eigenvalue weighted by Crippen LogP contribution is 2.29. The third-order valence-corrected chi connectivity index (χ3v) is 6.63. The first kappa shape index (κ1) is 18.7. The van der Waals surface area contributed by atoms with E-state index in [2.05, 4.69) is 41.4 Å². The third kappa shape index (κ3) is 4.56. The molecule has 2 atom stereocenters. The Bertz CT molecular complexity index is 464. The van der Waals surface area contributed by atoms with Crippen molar-refractivity contribution >= 4 is 6.03 Å². The van der Waals surface area contributed by atoms with Crippen LogP contribution in [0.25, 0.3) is 0 Å². The first-order valence-electron chi connectivity index (χ1n) is 10.1. The van der Waals surface area contributed by atoms with E-state index >= 15 is 0 Å². The second-order valence-electron chi connectivity index (χ2n) is 8.32. The van der Waals surface area contributed by atoms with Crippen LogP contribution in [0.1, 0.15) is 51.4 Å². The van der Waals surface area contributed by atoms with Crippen LogP contribution in [0.15, 0.2) is 12.2 Å².